The van der Waals surface area contributed by atoms with E-state index >= 15 is 0 Å². The van der Waals surface area contributed by atoms with Crippen LogP contribution >= 0.6 is 0 Å². The Balaban J connectivity index is 1.67. The molecular weight excluding hydrogens is 384 g/mol. The Hall–Kier alpha value is -2.18. The molecule has 0 aromatic heterocycles. The van der Waals surface area contributed by atoms with Crippen molar-refractivity contribution in [1.82, 2.24) is 10.0 Å². The summed E-state index contributed by atoms with van der Waals surface area (Å²) in [5, 5.41) is 4.73. The van der Waals surface area contributed by atoms with Gasteiger partial charge in [0.05, 0.1) is 4.90 Å². The van der Waals surface area contributed by atoms with Crippen LogP contribution in [0, 0.1) is 5.92 Å². The molecule has 2 aromatic carbocycles. The van der Waals surface area contributed by atoms with Crippen molar-refractivity contribution in [2.75, 3.05) is 6.54 Å². The summed E-state index contributed by atoms with van der Waals surface area (Å²) >= 11 is 0. The summed E-state index contributed by atoms with van der Waals surface area (Å²) in [4.78, 5) is 12.9. The summed E-state index contributed by atoms with van der Waals surface area (Å²) in [6, 6.07) is 11.8. The van der Waals surface area contributed by atoms with Crippen molar-refractivity contribution in [3.05, 3.63) is 54.1 Å². The van der Waals surface area contributed by atoms with Gasteiger partial charge in [-0.2, -0.15) is 4.72 Å². The molecule has 1 atom stereocenters. The van der Waals surface area contributed by atoms with E-state index in [1.807, 2.05) is 38.1 Å². The summed E-state index contributed by atoms with van der Waals surface area (Å²) in [5.74, 6) is -0.445. The Labute approximate surface area is 173 Å². The van der Waals surface area contributed by atoms with E-state index in [-0.39, 0.29) is 16.7 Å². The summed E-state index contributed by atoms with van der Waals surface area (Å²) in [7, 11) is -3.81. The third-order valence-corrected chi connectivity index (χ3v) is 6.83. The van der Waals surface area contributed by atoms with Gasteiger partial charge in [0, 0.05) is 6.54 Å². The van der Waals surface area contributed by atoms with Crippen LogP contribution < -0.4 is 10.0 Å². The molecule has 0 bridgehead atoms. The molecule has 1 aliphatic carbocycles. The minimum Gasteiger partial charge on any atom is -0.354 e. The first-order valence-corrected chi connectivity index (χ1v) is 11.8. The van der Waals surface area contributed by atoms with E-state index in [2.05, 4.69) is 16.1 Å². The number of allylic oxidation sites excluding steroid dienone is 1. The lowest BCUT2D eigenvalue weighted by Gasteiger charge is -2.22. The van der Waals surface area contributed by atoms with E-state index in [1.165, 1.54) is 18.4 Å². The topological polar surface area (TPSA) is 75.3 Å². The zero-order chi connectivity index (χ0) is 20.9. The Kier molecular flexibility index (Phi) is 7.09. The SMILES string of the molecule is CC(C)[C@H](NS(=O)(=O)c1ccc2ccccc2c1)C(=O)NCCC1=CCCCC1. The zero-order valence-corrected chi connectivity index (χ0v) is 18.0. The van der Waals surface area contributed by atoms with Gasteiger partial charge in [-0.3, -0.25) is 4.79 Å². The normalized spacial score (nSPS) is 15.9. The molecule has 6 heteroatoms. The van der Waals surface area contributed by atoms with Crippen LogP contribution in [0.3, 0.4) is 0 Å². The lowest BCUT2D eigenvalue weighted by atomic mass is 9.97. The number of fused-ring (bicyclic) bond motifs is 1. The molecule has 156 valence electrons. The second kappa shape index (κ2) is 9.55. The van der Waals surface area contributed by atoms with Crippen LogP contribution in [-0.2, 0) is 14.8 Å². The third kappa shape index (κ3) is 5.67. The van der Waals surface area contributed by atoms with E-state index < -0.39 is 16.1 Å². The van der Waals surface area contributed by atoms with Gasteiger partial charge in [0.25, 0.3) is 0 Å². The lowest BCUT2D eigenvalue weighted by Crippen LogP contribution is -2.49. The van der Waals surface area contributed by atoms with Crippen LogP contribution in [0.5, 0.6) is 0 Å². The molecule has 0 unspecified atom stereocenters. The largest absolute Gasteiger partial charge is 0.354 e. The molecule has 5 nitrogen and oxygen atoms in total. The highest BCUT2D eigenvalue weighted by molar-refractivity contribution is 7.89. The highest BCUT2D eigenvalue weighted by atomic mass is 32.2. The van der Waals surface area contributed by atoms with Crippen LogP contribution in [0.1, 0.15) is 46.0 Å². The van der Waals surface area contributed by atoms with Crippen LogP contribution in [0.2, 0.25) is 0 Å². The predicted octanol–water partition coefficient (Wildman–Crippen LogP) is 4.15. The fourth-order valence-corrected chi connectivity index (χ4v) is 5.03. The smallest absolute Gasteiger partial charge is 0.241 e. The maximum atomic E-state index is 12.9. The molecular formula is C23H30N2O3S. The number of sulfonamides is 1. The molecule has 2 aromatic rings. The predicted molar refractivity (Wildman–Crippen MR) is 117 cm³/mol. The van der Waals surface area contributed by atoms with E-state index in [0.29, 0.717) is 6.54 Å². The van der Waals surface area contributed by atoms with Gasteiger partial charge >= 0.3 is 0 Å². The molecule has 0 fully saturated rings. The molecule has 2 N–H and O–H groups in total. The van der Waals surface area contributed by atoms with Crippen LogP contribution in [0.4, 0.5) is 0 Å². The number of carbonyl (C=O) groups is 1. The second-order valence-corrected chi connectivity index (χ2v) is 9.72. The van der Waals surface area contributed by atoms with E-state index in [0.717, 1.165) is 30.0 Å². The van der Waals surface area contributed by atoms with Gasteiger partial charge in [-0.15, -0.1) is 0 Å². The number of amides is 1. The van der Waals surface area contributed by atoms with Gasteiger partial charge in [0.15, 0.2) is 0 Å². The van der Waals surface area contributed by atoms with Crippen molar-refractivity contribution >= 4 is 26.7 Å². The maximum absolute atomic E-state index is 12.9. The van der Waals surface area contributed by atoms with Crippen molar-refractivity contribution in [3.63, 3.8) is 0 Å². The average molecular weight is 415 g/mol. The first-order valence-electron chi connectivity index (χ1n) is 10.3. The molecule has 3 rings (SSSR count). The third-order valence-electron chi connectivity index (χ3n) is 5.39. The van der Waals surface area contributed by atoms with Gasteiger partial charge in [0.1, 0.15) is 6.04 Å². The number of hydrogen-bond acceptors (Lipinski definition) is 3. The number of carbonyl (C=O) groups excluding carboxylic acids is 1. The summed E-state index contributed by atoms with van der Waals surface area (Å²) < 4.78 is 28.4. The van der Waals surface area contributed by atoms with Crippen LogP contribution in [-0.4, -0.2) is 26.9 Å². The molecule has 0 aliphatic heterocycles. The number of nitrogens with one attached hydrogen (secondary N) is 2. The van der Waals surface area contributed by atoms with E-state index in [4.69, 9.17) is 0 Å². The van der Waals surface area contributed by atoms with Gasteiger partial charge < -0.3 is 5.32 Å². The monoisotopic (exact) mass is 414 g/mol. The quantitative estimate of drug-likeness (QED) is 0.637. The summed E-state index contributed by atoms with van der Waals surface area (Å²) in [5.41, 5.74) is 1.38. The minimum atomic E-state index is -3.81. The first-order chi connectivity index (χ1) is 13.9. The highest BCUT2D eigenvalue weighted by Gasteiger charge is 2.28. The van der Waals surface area contributed by atoms with Gasteiger partial charge in [-0.1, -0.05) is 55.8 Å². The lowest BCUT2D eigenvalue weighted by molar-refractivity contribution is -0.123. The zero-order valence-electron chi connectivity index (χ0n) is 17.1. The standard InChI is InChI=1S/C23H30N2O3S/c1-17(2)22(23(26)24-15-14-18-8-4-3-5-9-18)25-29(27,28)21-13-12-19-10-6-7-11-20(19)16-21/h6-8,10-13,16-17,22,25H,3-5,9,14-15H2,1-2H3,(H,24,26)/t22-/m0/s1. The first kappa shape index (κ1) is 21.5. The fourth-order valence-electron chi connectivity index (χ4n) is 3.65. The Bertz CT molecular complexity index is 996. The summed E-state index contributed by atoms with van der Waals surface area (Å²) in [6.07, 6.45) is 7.75. The Morgan fingerprint density at radius 1 is 1.07 bits per heavy atom. The molecule has 0 spiro atoms. The van der Waals surface area contributed by atoms with Crippen molar-refractivity contribution in [1.29, 1.82) is 0 Å². The molecule has 0 saturated heterocycles. The molecule has 0 radical (unpaired) electrons. The number of rotatable bonds is 8. The van der Waals surface area contributed by atoms with Crippen LogP contribution in [0.15, 0.2) is 59.0 Å². The van der Waals surface area contributed by atoms with Crippen molar-refractivity contribution < 1.29 is 13.2 Å². The Morgan fingerprint density at radius 3 is 2.52 bits per heavy atom. The van der Waals surface area contributed by atoms with Gasteiger partial charge in [0.2, 0.25) is 15.9 Å². The summed E-state index contributed by atoms with van der Waals surface area (Å²) in [6.45, 7) is 4.22. The van der Waals surface area contributed by atoms with Crippen molar-refractivity contribution in [3.8, 4) is 0 Å². The molecule has 1 amide bonds. The number of hydrogen-bond donors (Lipinski definition) is 2. The van der Waals surface area contributed by atoms with E-state index in [1.54, 1.807) is 18.2 Å². The van der Waals surface area contributed by atoms with E-state index in [9.17, 15) is 13.2 Å². The fraction of sp³-hybridized carbons (Fsp3) is 0.435. The average Bonchev–Trinajstić information content (AvgIpc) is 2.72. The minimum absolute atomic E-state index is 0.167. The molecule has 0 heterocycles. The highest BCUT2D eigenvalue weighted by Crippen LogP contribution is 2.21. The number of benzene rings is 2. The van der Waals surface area contributed by atoms with Crippen LogP contribution in [0.25, 0.3) is 10.8 Å². The van der Waals surface area contributed by atoms with Gasteiger partial charge in [-0.05, 0) is 60.9 Å². The molecule has 1 aliphatic rings. The molecule has 29 heavy (non-hydrogen) atoms. The van der Waals surface area contributed by atoms with Crippen molar-refractivity contribution in [2.45, 2.75) is 56.9 Å². The second-order valence-electron chi connectivity index (χ2n) is 8.00. The Morgan fingerprint density at radius 2 is 1.83 bits per heavy atom. The molecule has 0 saturated carbocycles. The maximum Gasteiger partial charge on any atom is 0.241 e. The van der Waals surface area contributed by atoms with Gasteiger partial charge in [-0.25, -0.2) is 8.42 Å². The van der Waals surface area contributed by atoms with Crippen molar-refractivity contribution in [2.24, 2.45) is 5.92 Å².